The summed E-state index contributed by atoms with van der Waals surface area (Å²) in [4.78, 5) is 13.1. The molecule has 0 aliphatic carbocycles. The monoisotopic (exact) mass is 438 g/mol. The number of nitro benzene ring substituents is 1. The SMILES string of the molecule is Cc1nnc(SCc2ccccc2)n1/N=C\c1cc([N+](=O)[O-])ccc1N1CCOCC1. The number of nitrogens with zero attached hydrogens (tertiary/aromatic N) is 6. The second-order valence-electron chi connectivity index (χ2n) is 6.96. The molecule has 0 bridgehead atoms. The first kappa shape index (κ1) is 21.0. The quantitative estimate of drug-likeness (QED) is 0.241. The molecule has 1 aromatic heterocycles. The van der Waals surface area contributed by atoms with Crippen molar-refractivity contribution in [3.8, 4) is 0 Å². The third-order valence-electron chi connectivity index (χ3n) is 4.86. The van der Waals surface area contributed by atoms with Gasteiger partial charge in [0, 0.05) is 42.2 Å². The molecule has 0 spiro atoms. The lowest BCUT2D eigenvalue weighted by atomic mass is 10.1. The van der Waals surface area contributed by atoms with E-state index in [1.54, 1.807) is 23.0 Å². The van der Waals surface area contributed by atoms with E-state index in [1.165, 1.54) is 23.4 Å². The van der Waals surface area contributed by atoms with Crippen LogP contribution in [0.3, 0.4) is 0 Å². The smallest absolute Gasteiger partial charge is 0.270 e. The van der Waals surface area contributed by atoms with E-state index in [-0.39, 0.29) is 5.69 Å². The van der Waals surface area contributed by atoms with Gasteiger partial charge in [0.1, 0.15) is 0 Å². The fourth-order valence-corrected chi connectivity index (χ4v) is 4.14. The van der Waals surface area contributed by atoms with Crippen LogP contribution in [0, 0.1) is 17.0 Å². The van der Waals surface area contributed by atoms with E-state index in [9.17, 15) is 10.1 Å². The Morgan fingerprint density at radius 3 is 2.71 bits per heavy atom. The van der Waals surface area contributed by atoms with Gasteiger partial charge in [-0.1, -0.05) is 42.1 Å². The summed E-state index contributed by atoms with van der Waals surface area (Å²) < 4.78 is 7.09. The maximum absolute atomic E-state index is 11.3. The minimum absolute atomic E-state index is 0.0256. The molecule has 1 fully saturated rings. The Balaban J connectivity index is 1.61. The summed E-state index contributed by atoms with van der Waals surface area (Å²) >= 11 is 1.54. The fourth-order valence-electron chi connectivity index (χ4n) is 3.25. The summed E-state index contributed by atoms with van der Waals surface area (Å²) in [6.07, 6.45) is 1.64. The molecule has 0 N–H and O–H groups in total. The molecule has 10 heteroatoms. The molecule has 9 nitrogen and oxygen atoms in total. The number of morpholine rings is 1. The van der Waals surface area contributed by atoms with Crippen LogP contribution in [-0.2, 0) is 10.5 Å². The number of ether oxygens (including phenoxy) is 1. The van der Waals surface area contributed by atoms with Crippen LogP contribution in [0.25, 0.3) is 0 Å². The van der Waals surface area contributed by atoms with Crippen molar-refractivity contribution in [2.24, 2.45) is 5.10 Å². The maximum Gasteiger partial charge on any atom is 0.270 e. The van der Waals surface area contributed by atoms with E-state index in [1.807, 2.05) is 25.1 Å². The van der Waals surface area contributed by atoms with Crippen molar-refractivity contribution in [3.05, 3.63) is 75.6 Å². The van der Waals surface area contributed by atoms with Crippen molar-refractivity contribution in [3.63, 3.8) is 0 Å². The lowest BCUT2D eigenvalue weighted by molar-refractivity contribution is -0.384. The predicted molar refractivity (Wildman–Crippen MR) is 120 cm³/mol. The molecule has 0 radical (unpaired) electrons. The molecular formula is C21H22N6O3S. The number of hydrogen-bond acceptors (Lipinski definition) is 8. The van der Waals surface area contributed by atoms with Gasteiger partial charge in [-0.05, 0) is 18.6 Å². The number of aromatic nitrogens is 3. The summed E-state index contributed by atoms with van der Waals surface area (Å²) in [6.45, 7) is 4.52. The molecule has 0 unspecified atom stereocenters. The molecule has 1 saturated heterocycles. The van der Waals surface area contributed by atoms with Gasteiger partial charge in [-0.2, -0.15) is 9.78 Å². The normalized spacial score (nSPS) is 14.3. The molecule has 31 heavy (non-hydrogen) atoms. The second kappa shape index (κ2) is 9.71. The van der Waals surface area contributed by atoms with Crippen LogP contribution in [0.15, 0.2) is 58.8 Å². The van der Waals surface area contributed by atoms with Gasteiger partial charge < -0.3 is 9.64 Å². The van der Waals surface area contributed by atoms with E-state index in [4.69, 9.17) is 4.74 Å². The van der Waals surface area contributed by atoms with Crippen LogP contribution in [0.4, 0.5) is 11.4 Å². The molecule has 4 rings (SSSR count). The average molecular weight is 439 g/mol. The Bertz CT molecular complexity index is 1080. The van der Waals surface area contributed by atoms with Gasteiger partial charge >= 0.3 is 0 Å². The molecular weight excluding hydrogens is 416 g/mol. The van der Waals surface area contributed by atoms with Crippen molar-refractivity contribution < 1.29 is 9.66 Å². The van der Waals surface area contributed by atoms with Gasteiger partial charge in [0.15, 0.2) is 5.82 Å². The zero-order valence-electron chi connectivity index (χ0n) is 17.0. The van der Waals surface area contributed by atoms with Crippen LogP contribution >= 0.6 is 11.8 Å². The first-order chi connectivity index (χ1) is 15.1. The summed E-state index contributed by atoms with van der Waals surface area (Å²) in [5.41, 5.74) is 2.76. The molecule has 2 aromatic carbocycles. The number of anilines is 1. The van der Waals surface area contributed by atoms with Crippen LogP contribution in [0.2, 0.25) is 0 Å². The van der Waals surface area contributed by atoms with Crippen molar-refractivity contribution in [2.75, 3.05) is 31.2 Å². The molecule has 0 saturated carbocycles. The van der Waals surface area contributed by atoms with Crippen LogP contribution in [0.1, 0.15) is 17.0 Å². The number of hydrogen-bond donors (Lipinski definition) is 0. The first-order valence-electron chi connectivity index (χ1n) is 9.86. The highest BCUT2D eigenvalue weighted by Crippen LogP contribution is 2.26. The molecule has 0 amide bonds. The minimum atomic E-state index is -0.397. The van der Waals surface area contributed by atoms with Gasteiger partial charge in [0.2, 0.25) is 5.16 Å². The zero-order chi connectivity index (χ0) is 21.6. The fraction of sp³-hybridized carbons (Fsp3) is 0.286. The number of nitro groups is 1. The average Bonchev–Trinajstić information content (AvgIpc) is 3.16. The molecule has 0 atom stereocenters. The van der Waals surface area contributed by atoms with Crippen LogP contribution < -0.4 is 4.90 Å². The molecule has 3 aromatic rings. The largest absolute Gasteiger partial charge is 0.378 e. The van der Waals surface area contributed by atoms with Gasteiger partial charge in [0.25, 0.3) is 5.69 Å². The van der Waals surface area contributed by atoms with Crippen LogP contribution in [0.5, 0.6) is 0 Å². The standard InChI is InChI=1S/C21H22N6O3S/c1-16-23-24-21(31-15-17-5-3-2-4-6-17)26(16)22-14-18-13-19(27(28)29)7-8-20(18)25-9-11-30-12-10-25/h2-8,13-14H,9-12,15H2,1H3/b22-14-. The Morgan fingerprint density at radius 2 is 1.97 bits per heavy atom. The third-order valence-corrected chi connectivity index (χ3v) is 5.86. The van der Waals surface area contributed by atoms with E-state index < -0.39 is 4.92 Å². The lowest BCUT2D eigenvalue weighted by Gasteiger charge is -2.29. The topological polar surface area (TPSA) is 98.7 Å². The lowest BCUT2D eigenvalue weighted by Crippen LogP contribution is -2.36. The highest BCUT2D eigenvalue weighted by Gasteiger charge is 2.17. The highest BCUT2D eigenvalue weighted by atomic mass is 32.2. The summed E-state index contributed by atoms with van der Waals surface area (Å²) in [6, 6.07) is 14.9. The Morgan fingerprint density at radius 1 is 1.19 bits per heavy atom. The highest BCUT2D eigenvalue weighted by molar-refractivity contribution is 7.98. The van der Waals surface area contributed by atoms with E-state index in [0.29, 0.717) is 29.8 Å². The number of rotatable bonds is 7. The van der Waals surface area contributed by atoms with Crippen molar-refractivity contribution in [1.82, 2.24) is 14.9 Å². The second-order valence-corrected chi connectivity index (χ2v) is 7.90. The maximum atomic E-state index is 11.3. The van der Waals surface area contributed by atoms with E-state index in [2.05, 4.69) is 32.3 Å². The zero-order valence-corrected chi connectivity index (χ0v) is 17.9. The number of aryl methyl sites for hydroxylation is 1. The van der Waals surface area contributed by atoms with Gasteiger partial charge in [-0.25, -0.2) is 0 Å². The van der Waals surface area contributed by atoms with E-state index in [0.717, 1.165) is 24.5 Å². The van der Waals surface area contributed by atoms with Crippen molar-refractivity contribution in [1.29, 1.82) is 0 Å². The Labute approximate surface area is 183 Å². The number of non-ortho nitro benzene ring substituents is 1. The van der Waals surface area contributed by atoms with Crippen LogP contribution in [-0.4, -0.2) is 52.3 Å². The van der Waals surface area contributed by atoms with Crippen molar-refractivity contribution >= 4 is 29.4 Å². The minimum Gasteiger partial charge on any atom is -0.378 e. The molecule has 160 valence electrons. The molecule has 1 aliphatic rings. The first-order valence-corrected chi connectivity index (χ1v) is 10.8. The number of thioether (sulfide) groups is 1. The summed E-state index contributed by atoms with van der Waals surface area (Å²) in [5.74, 6) is 1.38. The van der Waals surface area contributed by atoms with Crippen molar-refractivity contribution in [2.45, 2.75) is 17.8 Å². The molecule has 1 aliphatic heterocycles. The summed E-state index contributed by atoms with van der Waals surface area (Å²) in [7, 11) is 0. The predicted octanol–water partition coefficient (Wildman–Crippen LogP) is 3.51. The van der Waals surface area contributed by atoms with Gasteiger partial charge in [-0.15, -0.1) is 10.2 Å². The van der Waals surface area contributed by atoms with Gasteiger partial charge in [-0.3, -0.25) is 10.1 Å². The van der Waals surface area contributed by atoms with E-state index >= 15 is 0 Å². The van der Waals surface area contributed by atoms with Gasteiger partial charge in [0.05, 0.1) is 24.4 Å². The third kappa shape index (κ3) is 5.09. The Hall–Kier alpha value is -3.24. The summed E-state index contributed by atoms with van der Waals surface area (Å²) in [5, 5.41) is 24.9. The molecule has 2 heterocycles. The Kier molecular flexibility index (Phi) is 6.58. The number of benzene rings is 2.